The van der Waals surface area contributed by atoms with Gasteiger partial charge in [-0.1, -0.05) is 11.6 Å². The molecular formula is C19H25ClN5O12P2+. The van der Waals surface area contributed by atoms with Gasteiger partial charge >= 0.3 is 15.6 Å². The van der Waals surface area contributed by atoms with Crippen molar-refractivity contribution >= 4 is 44.4 Å². The highest BCUT2D eigenvalue weighted by molar-refractivity contribution is 7.60. The topological polar surface area (TPSA) is 242 Å². The number of methoxy groups -OCH3 is 1. The molecule has 1 aromatic carbocycles. The lowest BCUT2D eigenvalue weighted by molar-refractivity contribution is -0.673. The maximum Gasteiger partial charge on any atom is 0.481 e. The molecular weight excluding hydrogens is 588 g/mol. The lowest BCUT2D eigenvalue weighted by atomic mass is 10.1. The number of ether oxygens (including phenoxy) is 3. The molecule has 1 aliphatic rings. The van der Waals surface area contributed by atoms with Crippen LogP contribution in [-0.2, 0) is 34.0 Å². The van der Waals surface area contributed by atoms with Gasteiger partial charge in [0.15, 0.2) is 6.10 Å². The van der Waals surface area contributed by atoms with E-state index in [0.29, 0.717) is 10.8 Å². The number of aromatic hydroxyl groups is 1. The van der Waals surface area contributed by atoms with E-state index in [1.54, 1.807) is 28.8 Å². The molecule has 3 aromatic rings. The second-order valence-corrected chi connectivity index (χ2v) is 11.5. The zero-order valence-electron chi connectivity index (χ0n) is 20.0. The fraction of sp³-hybridized carbons (Fsp3) is 0.421. The molecule has 3 heterocycles. The van der Waals surface area contributed by atoms with Crippen molar-refractivity contribution in [2.75, 3.05) is 26.1 Å². The van der Waals surface area contributed by atoms with Gasteiger partial charge in [0.05, 0.1) is 6.61 Å². The summed E-state index contributed by atoms with van der Waals surface area (Å²) in [6.45, 7) is -0.458. The van der Waals surface area contributed by atoms with E-state index in [0.717, 1.165) is 0 Å². The lowest BCUT2D eigenvalue weighted by Crippen LogP contribution is -2.37. The molecule has 1 fully saturated rings. The predicted molar refractivity (Wildman–Crippen MR) is 130 cm³/mol. The van der Waals surface area contributed by atoms with Crippen molar-refractivity contribution in [3.05, 3.63) is 35.6 Å². The van der Waals surface area contributed by atoms with Gasteiger partial charge < -0.3 is 44.8 Å². The predicted octanol–water partition coefficient (Wildman–Crippen LogP) is 0.239. The van der Waals surface area contributed by atoms with E-state index in [-0.39, 0.29) is 30.3 Å². The Kier molecular flexibility index (Phi) is 8.80. The minimum Gasteiger partial charge on any atom is -0.490 e. The molecule has 0 amide bonds. The van der Waals surface area contributed by atoms with Gasteiger partial charge in [-0.2, -0.15) is 18.8 Å². The summed E-state index contributed by atoms with van der Waals surface area (Å²) in [7, 11) is -9.27. The van der Waals surface area contributed by atoms with Gasteiger partial charge in [-0.25, -0.2) is 13.7 Å². The number of phosphoric ester groups is 1. The van der Waals surface area contributed by atoms with Crippen LogP contribution in [0.25, 0.3) is 11.2 Å². The van der Waals surface area contributed by atoms with Gasteiger partial charge in [-0.3, -0.25) is 4.52 Å². The minimum absolute atomic E-state index is 0.102. The number of fused-ring (bicyclic) bond motifs is 1. The maximum absolute atomic E-state index is 11.8. The Morgan fingerprint density at radius 3 is 2.54 bits per heavy atom. The van der Waals surface area contributed by atoms with E-state index >= 15 is 0 Å². The van der Waals surface area contributed by atoms with Crippen molar-refractivity contribution in [1.29, 1.82) is 0 Å². The third kappa shape index (κ3) is 7.03. The van der Waals surface area contributed by atoms with E-state index in [9.17, 15) is 24.2 Å². The number of aliphatic hydroxyl groups is 1. The molecule has 0 aliphatic carbocycles. The summed E-state index contributed by atoms with van der Waals surface area (Å²) in [5.41, 5.74) is 6.00. The van der Waals surface area contributed by atoms with Crippen LogP contribution in [0.1, 0.15) is 6.23 Å². The Bertz CT molecular complexity index is 1420. The second-order valence-electron chi connectivity index (χ2n) is 8.19. The van der Waals surface area contributed by atoms with Crippen molar-refractivity contribution in [2.24, 2.45) is 0 Å². The van der Waals surface area contributed by atoms with Crippen LogP contribution in [0, 0.1) is 0 Å². The molecule has 4 rings (SSSR count). The number of hydrogen-bond donors (Lipinski definition) is 6. The van der Waals surface area contributed by atoms with Crippen molar-refractivity contribution in [2.45, 2.75) is 31.1 Å². The molecule has 0 radical (unpaired) electrons. The average molecular weight is 613 g/mol. The SMILES string of the molecule is CO[C@@H]1[C@H](O)[C@@H](COP(=O)(O)OP(=O)(O)O)O[C@H]1n1c[n+](CCOc2ccc(Cl)cc2)c2c(O)nc(N)nc21. The average Bonchev–Trinajstić information content (AvgIpc) is 3.34. The Balaban J connectivity index is 1.58. The van der Waals surface area contributed by atoms with Gasteiger partial charge in [0.2, 0.25) is 18.5 Å². The van der Waals surface area contributed by atoms with Crippen molar-refractivity contribution < 1.29 is 61.6 Å². The van der Waals surface area contributed by atoms with Gasteiger partial charge in [-0.05, 0) is 24.3 Å². The summed E-state index contributed by atoms with van der Waals surface area (Å²) in [5.74, 6) is -0.139. The zero-order valence-corrected chi connectivity index (χ0v) is 22.6. The molecule has 2 aromatic heterocycles. The molecule has 0 bridgehead atoms. The van der Waals surface area contributed by atoms with Crippen LogP contribution in [0.5, 0.6) is 11.6 Å². The smallest absolute Gasteiger partial charge is 0.481 e. The highest BCUT2D eigenvalue weighted by Gasteiger charge is 2.50. The van der Waals surface area contributed by atoms with Crippen LogP contribution in [0.2, 0.25) is 5.02 Å². The van der Waals surface area contributed by atoms with Crippen molar-refractivity contribution in [1.82, 2.24) is 14.5 Å². The van der Waals surface area contributed by atoms with Gasteiger partial charge in [-0.15, -0.1) is 0 Å². The molecule has 0 saturated carbocycles. The van der Waals surface area contributed by atoms with Crippen LogP contribution in [0.15, 0.2) is 30.6 Å². The Morgan fingerprint density at radius 1 is 1.21 bits per heavy atom. The number of aromatic nitrogens is 4. The molecule has 17 nitrogen and oxygen atoms in total. The highest BCUT2D eigenvalue weighted by atomic mass is 35.5. The number of benzene rings is 1. The van der Waals surface area contributed by atoms with Crippen LogP contribution in [-0.4, -0.2) is 78.1 Å². The number of nitrogens with zero attached hydrogens (tertiary/aromatic N) is 4. The molecule has 1 unspecified atom stereocenters. The first kappa shape index (κ1) is 29.6. The summed E-state index contributed by atoms with van der Waals surface area (Å²) in [4.78, 5) is 35.0. The first-order valence-electron chi connectivity index (χ1n) is 11.0. The van der Waals surface area contributed by atoms with E-state index < -0.39 is 52.7 Å². The normalized spacial score (nSPS) is 23.2. The number of aliphatic hydroxyl groups excluding tert-OH is 1. The van der Waals surface area contributed by atoms with Crippen LogP contribution < -0.4 is 15.0 Å². The molecule has 5 atom stereocenters. The highest BCUT2D eigenvalue weighted by Crippen LogP contribution is 2.57. The molecule has 214 valence electrons. The summed E-state index contributed by atoms with van der Waals surface area (Å²) in [5, 5.41) is 21.8. The summed E-state index contributed by atoms with van der Waals surface area (Å²) in [6.07, 6.45) is -3.49. The largest absolute Gasteiger partial charge is 0.490 e. The lowest BCUT2D eigenvalue weighted by Gasteiger charge is -2.17. The molecule has 0 spiro atoms. The molecule has 20 heteroatoms. The number of rotatable bonds is 11. The Morgan fingerprint density at radius 2 is 1.90 bits per heavy atom. The fourth-order valence-corrected chi connectivity index (χ4v) is 5.68. The quantitative estimate of drug-likeness (QED) is 0.125. The first-order valence-corrected chi connectivity index (χ1v) is 14.4. The summed E-state index contributed by atoms with van der Waals surface area (Å²) < 4.78 is 50.9. The first-order chi connectivity index (χ1) is 18.3. The number of imidazole rings is 1. The van der Waals surface area contributed by atoms with Gasteiger partial charge in [0.25, 0.3) is 17.0 Å². The van der Waals surface area contributed by atoms with E-state index in [1.807, 2.05) is 0 Å². The number of anilines is 1. The molecule has 1 saturated heterocycles. The van der Waals surface area contributed by atoms with E-state index in [4.69, 9.17) is 41.3 Å². The fourth-order valence-electron chi connectivity index (χ4n) is 3.96. The third-order valence-corrected chi connectivity index (χ3v) is 7.95. The van der Waals surface area contributed by atoms with Crippen molar-refractivity contribution in [3.63, 3.8) is 0 Å². The maximum atomic E-state index is 11.8. The molecule has 7 N–H and O–H groups in total. The third-order valence-electron chi connectivity index (χ3n) is 5.55. The molecule has 39 heavy (non-hydrogen) atoms. The summed E-state index contributed by atoms with van der Waals surface area (Å²) in [6, 6.07) is 6.71. The number of nitrogens with two attached hydrogens (primary N) is 1. The van der Waals surface area contributed by atoms with Crippen molar-refractivity contribution in [3.8, 4) is 11.6 Å². The number of nitrogen functional groups attached to an aromatic ring is 1. The number of phosphoric acid groups is 2. The summed E-state index contributed by atoms with van der Waals surface area (Å²) >= 11 is 5.89. The Labute approximate surface area is 225 Å². The second kappa shape index (κ2) is 11.6. The van der Waals surface area contributed by atoms with Crippen LogP contribution >= 0.6 is 27.2 Å². The van der Waals surface area contributed by atoms with E-state index in [1.165, 1.54) is 18.0 Å². The number of halogens is 1. The van der Waals surface area contributed by atoms with Crippen LogP contribution in [0.3, 0.4) is 0 Å². The Hall–Kier alpha value is -2.40. The zero-order chi connectivity index (χ0) is 28.5. The minimum atomic E-state index is -5.35. The number of hydrogen-bond acceptors (Lipinski definition) is 12. The monoisotopic (exact) mass is 612 g/mol. The molecule has 1 aliphatic heterocycles. The van der Waals surface area contributed by atoms with E-state index in [2.05, 4.69) is 18.8 Å². The van der Waals surface area contributed by atoms with Gasteiger partial charge in [0, 0.05) is 12.1 Å². The standard InChI is InChI=1S/C19H24ClN5O12P2/c1-33-15-14(26)12(8-35-39(31,32)37-38(28,29)30)36-18(15)25-9-24(13-16(25)22-19(21)23-17(13)27)6-7-34-11-4-2-10(20)3-5-11/h2-5,9,12,14-15,18,26H,6-8H2,1H3,(H5-,21,22,23,27,28,29,30,31,32)/p+1/t12-,14-,15-,18-/m1/s1. The van der Waals surface area contributed by atoms with Crippen LogP contribution in [0.4, 0.5) is 5.95 Å². The van der Waals surface area contributed by atoms with Gasteiger partial charge in [0.1, 0.15) is 31.1 Å².